The van der Waals surface area contributed by atoms with Crippen LogP contribution in [0.15, 0.2) is 60.7 Å². The molecule has 0 aliphatic carbocycles. The van der Waals surface area contributed by atoms with Gasteiger partial charge in [0.25, 0.3) is 5.91 Å². The summed E-state index contributed by atoms with van der Waals surface area (Å²) in [6.45, 7) is 2.41. The lowest BCUT2D eigenvalue weighted by Crippen LogP contribution is -2.33. The molecule has 140 valence electrons. The van der Waals surface area contributed by atoms with E-state index in [0.717, 1.165) is 35.6 Å². The van der Waals surface area contributed by atoms with Crippen LogP contribution in [0.2, 0.25) is 0 Å². The standard InChI is InChI=1S/C20H20N4O2.ClH/c25-20(18-12-17(23-24-18)14-4-2-1-3-5-14)22-16-8-6-15(7-9-16)19-13-21-10-11-26-19;/h1-9,12,19,21H,10-11,13H2,(H,22,25)(H,23,24);1H. The van der Waals surface area contributed by atoms with Crippen LogP contribution in [-0.2, 0) is 4.74 Å². The van der Waals surface area contributed by atoms with Gasteiger partial charge < -0.3 is 15.4 Å². The van der Waals surface area contributed by atoms with Crippen LogP contribution in [-0.4, -0.2) is 35.8 Å². The lowest BCUT2D eigenvalue weighted by Gasteiger charge is -2.24. The third-order valence-electron chi connectivity index (χ3n) is 4.36. The molecule has 0 radical (unpaired) electrons. The van der Waals surface area contributed by atoms with E-state index in [4.69, 9.17) is 4.74 Å². The Morgan fingerprint density at radius 2 is 1.89 bits per heavy atom. The molecule has 0 bridgehead atoms. The van der Waals surface area contributed by atoms with Crippen molar-refractivity contribution < 1.29 is 9.53 Å². The molecule has 2 aromatic carbocycles. The fourth-order valence-electron chi connectivity index (χ4n) is 2.95. The van der Waals surface area contributed by atoms with Crippen LogP contribution < -0.4 is 10.6 Å². The molecule has 1 aromatic heterocycles. The van der Waals surface area contributed by atoms with Gasteiger partial charge in [-0.3, -0.25) is 9.89 Å². The Kier molecular flexibility index (Phi) is 6.24. The summed E-state index contributed by atoms with van der Waals surface area (Å²) in [6.07, 6.45) is 0.0644. The van der Waals surface area contributed by atoms with Gasteiger partial charge in [-0.25, -0.2) is 0 Å². The van der Waals surface area contributed by atoms with Crippen LogP contribution in [0.5, 0.6) is 0 Å². The summed E-state index contributed by atoms with van der Waals surface area (Å²) in [5, 5.41) is 13.2. The first-order valence-electron chi connectivity index (χ1n) is 8.64. The number of hydrogen-bond donors (Lipinski definition) is 3. The molecule has 6 nitrogen and oxygen atoms in total. The fourth-order valence-corrected chi connectivity index (χ4v) is 2.95. The average Bonchev–Trinajstić information content (AvgIpc) is 3.20. The molecule has 0 saturated carbocycles. The summed E-state index contributed by atoms with van der Waals surface area (Å²) in [7, 11) is 0. The molecule has 1 atom stereocenters. The number of nitrogens with zero attached hydrogens (tertiary/aromatic N) is 1. The zero-order valence-corrected chi connectivity index (χ0v) is 15.5. The topological polar surface area (TPSA) is 79.0 Å². The molecule has 0 spiro atoms. The molecule has 1 saturated heterocycles. The van der Waals surface area contributed by atoms with E-state index < -0.39 is 0 Å². The number of hydrogen-bond acceptors (Lipinski definition) is 4. The molecular formula is C20H21ClN4O2. The summed E-state index contributed by atoms with van der Waals surface area (Å²) >= 11 is 0. The van der Waals surface area contributed by atoms with Crippen LogP contribution >= 0.6 is 12.4 Å². The average molecular weight is 385 g/mol. The Balaban J connectivity index is 0.00000210. The molecule has 1 amide bonds. The van der Waals surface area contributed by atoms with E-state index in [0.29, 0.717) is 12.3 Å². The Hall–Kier alpha value is -2.67. The zero-order chi connectivity index (χ0) is 17.8. The van der Waals surface area contributed by atoms with Crippen molar-refractivity contribution >= 4 is 24.0 Å². The van der Waals surface area contributed by atoms with E-state index in [-0.39, 0.29) is 24.4 Å². The molecule has 1 aliphatic heterocycles. The van der Waals surface area contributed by atoms with Crippen molar-refractivity contribution in [2.75, 3.05) is 25.0 Å². The van der Waals surface area contributed by atoms with Crippen molar-refractivity contribution in [1.82, 2.24) is 15.5 Å². The van der Waals surface area contributed by atoms with Gasteiger partial charge in [0.2, 0.25) is 0 Å². The highest BCUT2D eigenvalue weighted by molar-refractivity contribution is 6.03. The van der Waals surface area contributed by atoms with Crippen molar-refractivity contribution in [3.8, 4) is 11.3 Å². The van der Waals surface area contributed by atoms with Gasteiger partial charge in [-0.2, -0.15) is 5.10 Å². The number of morpholine rings is 1. The molecule has 2 heterocycles. The number of carbonyl (C=O) groups is 1. The number of amides is 1. The van der Waals surface area contributed by atoms with Gasteiger partial charge in [-0.1, -0.05) is 42.5 Å². The molecule has 27 heavy (non-hydrogen) atoms. The van der Waals surface area contributed by atoms with E-state index in [1.807, 2.05) is 54.6 Å². The number of aromatic amines is 1. The lowest BCUT2D eigenvalue weighted by molar-refractivity contribution is 0.0277. The molecule has 3 N–H and O–H groups in total. The SMILES string of the molecule is Cl.O=C(Nc1ccc(C2CNCCO2)cc1)c1cc(-c2ccccc2)n[nH]1. The first kappa shape index (κ1) is 19.1. The van der Waals surface area contributed by atoms with E-state index >= 15 is 0 Å². The predicted octanol–water partition coefficient (Wildman–Crippen LogP) is 3.41. The monoisotopic (exact) mass is 384 g/mol. The minimum Gasteiger partial charge on any atom is -0.371 e. The second-order valence-corrected chi connectivity index (χ2v) is 6.17. The van der Waals surface area contributed by atoms with Gasteiger partial charge in [0, 0.05) is 24.3 Å². The fraction of sp³-hybridized carbons (Fsp3) is 0.200. The first-order chi connectivity index (χ1) is 12.8. The number of halogens is 1. The second-order valence-electron chi connectivity index (χ2n) is 6.17. The second kappa shape index (κ2) is 8.81. The summed E-state index contributed by atoms with van der Waals surface area (Å²) in [5.74, 6) is -0.219. The Bertz CT molecular complexity index is 875. The highest BCUT2D eigenvalue weighted by Gasteiger charge is 2.16. The van der Waals surface area contributed by atoms with Gasteiger partial charge in [-0.05, 0) is 23.8 Å². The predicted molar refractivity (Wildman–Crippen MR) is 107 cm³/mol. The molecular weight excluding hydrogens is 364 g/mol. The highest BCUT2D eigenvalue weighted by atomic mass is 35.5. The largest absolute Gasteiger partial charge is 0.371 e. The van der Waals surface area contributed by atoms with Crippen LogP contribution in [0.4, 0.5) is 5.69 Å². The van der Waals surface area contributed by atoms with E-state index in [1.54, 1.807) is 6.07 Å². The van der Waals surface area contributed by atoms with Crippen LogP contribution in [0.25, 0.3) is 11.3 Å². The van der Waals surface area contributed by atoms with Crippen molar-refractivity contribution in [3.63, 3.8) is 0 Å². The Morgan fingerprint density at radius 1 is 1.11 bits per heavy atom. The van der Waals surface area contributed by atoms with Crippen molar-refractivity contribution in [2.45, 2.75) is 6.10 Å². The minimum atomic E-state index is -0.219. The molecule has 1 fully saturated rings. The van der Waals surface area contributed by atoms with Gasteiger partial charge in [0.15, 0.2) is 0 Å². The maximum Gasteiger partial charge on any atom is 0.273 e. The zero-order valence-electron chi connectivity index (χ0n) is 14.6. The normalized spacial score (nSPS) is 16.4. The third-order valence-corrected chi connectivity index (χ3v) is 4.36. The first-order valence-corrected chi connectivity index (χ1v) is 8.64. The van der Waals surface area contributed by atoms with Gasteiger partial charge in [0.1, 0.15) is 5.69 Å². The van der Waals surface area contributed by atoms with Crippen LogP contribution in [0, 0.1) is 0 Å². The molecule has 1 unspecified atom stereocenters. The Labute approximate surface area is 163 Å². The van der Waals surface area contributed by atoms with Crippen LogP contribution in [0.3, 0.4) is 0 Å². The number of ether oxygens (including phenoxy) is 1. The number of aromatic nitrogens is 2. The lowest BCUT2D eigenvalue weighted by atomic mass is 10.1. The van der Waals surface area contributed by atoms with Gasteiger partial charge >= 0.3 is 0 Å². The molecule has 3 aromatic rings. The van der Waals surface area contributed by atoms with Gasteiger partial charge in [-0.15, -0.1) is 12.4 Å². The van der Waals surface area contributed by atoms with E-state index in [9.17, 15) is 4.79 Å². The van der Waals surface area contributed by atoms with E-state index in [1.165, 1.54) is 0 Å². The van der Waals surface area contributed by atoms with Gasteiger partial charge in [0.05, 0.1) is 18.4 Å². The summed E-state index contributed by atoms with van der Waals surface area (Å²) in [4.78, 5) is 12.4. The molecule has 7 heteroatoms. The molecule has 4 rings (SSSR count). The summed E-state index contributed by atoms with van der Waals surface area (Å²) < 4.78 is 5.74. The van der Waals surface area contributed by atoms with Crippen molar-refractivity contribution in [2.24, 2.45) is 0 Å². The number of H-pyrrole nitrogens is 1. The quantitative estimate of drug-likeness (QED) is 0.644. The number of nitrogens with one attached hydrogen (secondary N) is 3. The molecule has 1 aliphatic rings. The number of rotatable bonds is 4. The van der Waals surface area contributed by atoms with Crippen LogP contribution in [0.1, 0.15) is 22.2 Å². The highest BCUT2D eigenvalue weighted by Crippen LogP contribution is 2.21. The smallest absolute Gasteiger partial charge is 0.273 e. The minimum absolute atomic E-state index is 0. The van der Waals surface area contributed by atoms with Crippen molar-refractivity contribution in [1.29, 1.82) is 0 Å². The maximum absolute atomic E-state index is 12.4. The third kappa shape index (κ3) is 4.54. The number of benzene rings is 2. The number of carbonyl (C=O) groups excluding carboxylic acids is 1. The maximum atomic E-state index is 12.4. The van der Waals surface area contributed by atoms with E-state index in [2.05, 4.69) is 20.8 Å². The number of anilines is 1. The summed E-state index contributed by atoms with van der Waals surface area (Å²) in [5.41, 5.74) is 3.97. The Morgan fingerprint density at radius 3 is 2.59 bits per heavy atom. The van der Waals surface area contributed by atoms with Crippen molar-refractivity contribution in [3.05, 3.63) is 71.9 Å². The summed E-state index contributed by atoms with van der Waals surface area (Å²) in [6, 6.07) is 19.2.